The summed E-state index contributed by atoms with van der Waals surface area (Å²) in [4.78, 5) is 35.0. The molecule has 0 heterocycles. The van der Waals surface area contributed by atoms with Crippen molar-refractivity contribution in [3.05, 3.63) is 59.4 Å². The highest BCUT2D eigenvalue weighted by molar-refractivity contribution is 5.98. The highest BCUT2D eigenvalue weighted by Crippen LogP contribution is 2.18. The normalized spacial score (nSPS) is 10.0. The van der Waals surface area contributed by atoms with Gasteiger partial charge in [-0.3, -0.25) is 9.59 Å². The van der Waals surface area contributed by atoms with Crippen LogP contribution in [0.5, 0.6) is 5.75 Å². The van der Waals surface area contributed by atoms with Gasteiger partial charge < -0.3 is 14.8 Å². The summed E-state index contributed by atoms with van der Waals surface area (Å²) in [5.74, 6) is -2.26. The number of amides is 1. The molecule has 2 rings (SSSR count). The predicted molar refractivity (Wildman–Crippen MR) is 88.3 cm³/mol. The van der Waals surface area contributed by atoms with Gasteiger partial charge in [0.2, 0.25) is 0 Å². The first-order valence-electron chi connectivity index (χ1n) is 7.32. The molecule has 2 aromatic carbocycles. The van der Waals surface area contributed by atoms with E-state index in [9.17, 15) is 18.8 Å². The van der Waals surface area contributed by atoms with Crippen LogP contribution in [-0.4, -0.2) is 31.4 Å². The minimum Gasteiger partial charge on any atom is -0.494 e. The zero-order valence-electron chi connectivity index (χ0n) is 13.7. The number of ketones is 1. The van der Waals surface area contributed by atoms with Crippen LogP contribution in [0.25, 0.3) is 0 Å². The number of rotatable bonds is 6. The van der Waals surface area contributed by atoms with E-state index in [1.54, 1.807) is 18.2 Å². The maximum Gasteiger partial charge on any atom is 0.338 e. The number of hydrogen-bond acceptors (Lipinski definition) is 5. The number of methoxy groups -OCH3 is 1. The molecule has 0 atom stereocenters. The summed E-state index contributed by atoms with van der Waals surface area (Å²) < 4.78 is 23.2. The van der Waals surface area contributed by atoms with Gasteiger partial charge in [0.1, 0.15) is 0 Å². The molecule has 1 amide bonds. The van der Waals surface area contributed by atoms with Crippen molar-refractivity contribution in [3.63, 3.8) is 0 Å². The van der Waals surface area contributed by atoms with Crippen LogP contribution in [0.3, 0.4) is 0 Å². The van der Waals surface area contributed by atoms with Crippen molar-refractivity contribution >= 4 is 23.3 Å². The molecule has 6 nitrogen and oxygen atoms in total. The van der Waals surface area contributed by atoms with Crippen molar-refractivity contribution in [1.29, 1.82) is 0 Å². The summed E-state index contributed by atoms with van der Waals surface area (Å²) in [5, 5.41) is 2.51. The lowest BCUT2D eigenvalue weighted by Gasteiger charge is -2.08. The second kappa shape index (κ2) is 8.05. The Balaban J connectivity index is 1.93. The fourth-order valence-corrected chi connectivity index (χ4v) is 2.02. The Morgan fingerprint density at radius 2 is 1.84 bits per heavy atom. The van der Waals surface area contributed by atoms with Gasteiger partial charge in [-0.1, -0.05) is 12.1 Å². The van der Waals surface area contributed by atoms with Gasteiger partial charge in [-0.05, 0) is 37.3 Å². The molecular weight excluding hydrogens is 329 g/mol. The average Bonchev–Trinajstić information content (AvgIpc) is 2.59. The smallest absolute Gasteiger partial charge is 0.338 e. The Kier molecular flexibility index (Phi) is 5.84. The van der Waals surface area contributed by atoms with Gasteiger partial charge in [-0.2, -0.15) is 0 Å². The second-order valence-corrected chi connectivity index (χ2v) is 5.11. The van der Waals surface area contributed by atoms with Gasteiger partial charge in [-0.25, -0.2) is 9.18 Å². The number of carbonyl (C=O) groups excluding carboxylic acids is 3. The Bertz CT molecular complexity index is 819. The van der Waals surface area contributed by atoms with E-state index < -0.39 is 24.3 Å². The maximum absolute atomic E-state index is 13.6. The number of esters is 1. The van der Waals surface area contributed by atoms with E-state index in [2.05, 4.69) is 5.32 Å². The Morgan fingerprint density at radius 1 is 1.08 bits per heavy atom. The largest absolute Gasteiger partial charge is 0.494 e. The van der Waals surface area contributed by atoms with Crippen LogP contribution in [-0.2, 0) is 9.53 Å². The highest BCUT2D eigenvalue weighted by Gasteiger charge is 2.13. The van der Waals surface area contributed by atoms with E-state index >= 15 is 0 Å². The Morgan fingerprint density at radius 3 is 2.48 bits per heavy atom. The van der Waals surface area contributed by atoms with Crippen molar-refractivity contribution < 1.29 is 28.2 Å². The number of Topliss-reactive ketones (excluding diaryl/α,β-unsaturated/α-hetero) is 1. The summed E-state index contributed by atoms with van der Waals surface area (Å²) in [5.41, 5.74) is 0.817. The standard InChI is InChI=1S/C18H16FNO5/c1-11(21)12-4-3-5-14(8-12)20-17(22)10-25-18(23)13-6-7-16(24-2)15(19)9-13/h3-9H,10H2,1-2H3,(H,20,22). The van der Waals surface area contributed by atoms with E-state index in [0.717, 1.165) is 6.07 Å². The van der Waals surface area contributed by atoms with Crippen molar-refractivity contribution in [2.75, 3.05) is 19.0 Å². The third-order valence-electron chi connectivity index (χ3n) is 3.27. The van der Waals surface area contributed by atoms with E-state index in [4.69, 9.17) is 9.47 Å². The van der Waals surface area contributed by atoms with Crippen molar-refractivity contribution in [1.82, 2.24) is 0 Å². The Labute approximate surface area is 143 Å². The first-order valence-corrected chi connectivity index (χ1v) is 7.32. The molecule has 0 spiro atoms. The molecule has 0 aliphatic rings. The zero-order valence-corrected chi connectivity index (χ0v) is 13.7. The zero-order chi connectivity index (χ0) is 18.4. The SMILES string of the molecule is COc1ccc(C(=O)OCC(=O)Nc2cccc(C(C)=O)c2)cc1F. The van der Waals surface area contributed by atoms with Crippen LogP contribution in [0.15, 0.2) is 42.5 Å². The van der Waals surface area contributed by atoms with Crippen LogP contribution < -0.4 is 10.1 Å². The number of anilines is 1. The van der Waals surface area contributed by atoms with E-state index in [1.807, 2.05) is 0 Å². The van der Waals surface area contributed by atoms with Gasteiger partial charge >= 0.3 is 5.97 Å². The van der Waals surface area contributed by atoms with Crippen LogP contribution >= 0.6 is 0 Å². The lowest BCUT2D eigenvalue weighted by molar-refractivity contribution is -0.119. The van der Waals surface area contributed by atoms with Crippen molar-refractivity contribution in [2.45, 2.75) is 6.92 Å². The molecule has 25 heavy (non-hydrogen) atoms. The van der Waals surface area contributed by atoms with E-state index in [1.165, 1.54) is 32.2 Å². The van der Waals surface area contributed by atoms with Gasteiger partial charge in [0.15, 0.2) is 24.0 Å². The molecule has 0 bridgehead atoms. The summed E-state index contributed by atoms with van der Waals surface area (Å²) in [6.07, 6.45) is 0. The minimum absolute atomic E-state index is 0.000328. The molecule has 0 aliphatic heterocycles. The number of benzene rings is 2. The quantitative estimate of drug-likeness (QED) is 0.643. The molecular formula is C18H16FNO5. The van der Waals surface area contributed by atoms with Gasteiger partial charge in [-0.15, -0.1) is 0 Å². The second-order valence-electron chi connectivity index (χ2n) is 5.11. The highest BCUT2D eigenvalue weighted by atomic mass is 19.1. The monoisotopic (exact) mass is 345 g/mol. The molecule has 0 fully saturated rings. The number of carbonyl (C=O) groups is 3. The summed E-state index contributed by atoms with van der Waals surface area (Å²) >= 11 is 0. The molecule has 0 aliphatic carbocycles. The number of ether oxygens (including phenoxy) is 2. The third kappa shape index (κ3) is 4.87. The van der Waals surface area contributed by atoms with E-state index in [-0.39, 0.29) is 17.1 Å². The molecule has 0 unspecified atom stereocenters. The summed E-state index contributed by atoms with van der Waals surface area (Å²) in [7, 11) is 1.31. The molecule has 0 saturated heterocycles. The van der Waals surface area contributed by atoms with Gasteiger partial charge in [0.05, 0.1) is 12.7 Å². The maximum atomic E-state index is 13.6. The van der Waals surface area contributed by atoms with Gasteiger partial charge in [0, 0.05) is 11.3 Å². The molecule has 2 aromatic rings. The fourth-order valence-electron chi connectivity index (χ4n) is 2.02. The third-order valence-corrected chi connectivity index (χ3v) is 3.27. The summed E-state index contributed by atoms with van der Waals surface area (Å²) in [6, 6.07) is 9.95. The fraction of sp³-hybridized carbons (Fsp3) is 0.167. The topological polar surface area (TPSA) is 81.7 Å². The lowest BCUT2D eigenvalue weighted by atomic mass is 10.1. The van der Waals surface area contributed by atoms with Crippen molar-refractivity contribution in [3.8, 4) is 5.75 Å². The first kappa shape index (κ1) is 18.1. The van der Waals surface area contributed by atoms with Crippen LogP contribution in [0.4, 0.5) is 10.1 Å². The van der Waals surface area contributed by atoms with E-state index in [0.29, 0.717) is 11.3 Å². The molecule has 0 radical (unpaired) electrons. The van der Waals surface area contributed by atoms with Crippen LogP contribution in [0.1, 0.15) is 27.6 Å². The molecule has 0 saturated carbocycles. The van der Waals surface area contributed by atoms with Gasteiger partial charge in [0.25, 0.3) is 5.91 Å². The molecule has 130 valence electrons. The average molecular weight is 345 g/mol. The lowest BCUT2D eigenvalue weighted by Crippen LogP contribution is -2.21. The molecule has 0 aromatic heterocycles. The molecule has 7 heteroatoms. The summed E-state index contributed by atoms with van der Waals surface area (Å²) in [6.45, 7) is 0.869. The minimum atomic E-state index is -0.839. The Hall–Kier alpha value is -3.22. The number of hydrogen-bond donors (Lipinski definition) is 1. The number of nitrogens with one attached hydrogen (secondary N) is 1. The van der Waals surface area contributed by atoms with Crippen LogP contribution in [0, 0.1) is 5.82 Å². The van der Waals surface area contributed by atoms with Crippen LogP contribution in [0.2, 0.25) is 0 Å². The van der Waals surface area contributed by atoms with Crippen molar-refractivity contribution in [2.24, 2.45) is 0 Å². The number of halogens is 1. The first-order chi connectivity index (χ1) is 11.9. The molecule has 1 N–H and O–H groups in total. The predicted octanol–water partition coefficient (Wildman–Crippen LogP) is 2.83.